The third kappa shape index (κ3) is 4.24. The Hall–Kier alpha value is -2.35. The van der Waals surface area contributed by atoms with Crippen LogP contribution in [0.2, 0.25) is 0 Å². The summed E-state index contributed by atoms with van der Waals surface area (Å²) in [4.78, 5) is 13.0. The van der Waals surface area contributed by atoms with E-state index < -0.39 is 9.84 Å². The number of sulfone groups is 1. The van der Waals surface area contributed by atoms with Crippen molar-refractivity contribution in [2.24, 2.45) is 0 Å². The molecule has 1 aromatic carbocycles. The third-order valence-electron chi connectivity index (χ3n) is 4.55. The monoisotopic (exact) mass is 375 g/mol. The molecule has 140 valence electrons. The second kappa shape index (κ2) is 7.49. The molecule has 2 aromatic rings. The average molecular weight is 375 g/mol. The first-order chi connectivity index (χ1) is 12.4. The Balaban J connectivity index is 1.76. The Kier molecular flexibility index (Phi) is 5.31. The van der Waals surface area contributed by atoms with E-state index in [1.54, 1.807) is 6.20 Å². The fourth-order valence-electron chi connectivity index (χ4n) is 3.13. The Morgan fingerprint density at radius 2 is 1.92 bits per heavy atom. The van der Waals surface area contributed by atoms with Gasteiger partial charge < -0.3 is 15.1 Å². The van der Waals surface area contributed by atoms with Gasteiger partial charge in [0.1, 0.15) is 5.82 Å². The van der Waals surface area contributed by atoms with Crippen molar-refractivity contribution in [1.82, 2.24) is 9.97 Å². The summed E-state index contributed by atoms with van der Waals surface area (Å²) in [5, 5.41) is 3.28. The zero-order chi connectivity index (χ0) is 18.7. The average Bonchev–Trinajstić information content (AvgIpc) is 2.96. The van der Waals surface area contributed by atoms with Crippen LogP contribution in [-0.4, -0.2) is 56.6 Å². The molecule has 1 atom stereocenters. The van der Waals surface area contributed by atoms with Crippen LogP contribution >= 0.6 is 0 Å². The van der Waals surface area contributed by atoms with Crippen molar-refractivity contribution in [3.8, 4) is 0 Å². The lowest BCUT2D eigenvalue weighted by atomic mass is 10.2. The second-order valence-electron chi connectivity index (χ2n) is 6.65. The first-order valence-electron chi connectivity index (χ1n) is 8.72. The van der Waals surface area contributed by atoms with Crippen molar-refractivity contribution >= 4 is 33.0 Å². The van der Waals surface area contributed by atoms with Crippen LogP contribution < -0.4 is 15.1 Å². The first kappa shape index (κ1) is 18.4. The van der Waals surface area contributed by atoms with E-state index in [1.807, 2.05) is 61.2 Å². The van der Waals surface area contributed by atoms with E-state index in [-0.39, 0.29) is 17.5 Å². The van der Waals surface area contributed by atoms with Gasteiger partial charge in [-0.1, -0.05) is 0 Å². The molecule has 26 heavy (non-hydrogen) atoms. The number of nitrogens with one attached hydrogen (secondary N) is 1. The minimum absolute atomic E-state index is 0.0559. The van der Waals surface area contributed by atoms with Crippen molar-refractivity contribution in [3.63, 3.8) is 0 Å². The van der Waals surface area contributed by atoms with Crippen molar-refractivity contribution in [2.75, 3.05) is 47.3 Å². The standard InChI is InChI=1S/C18H25N5O2S/c1-4-23(16-10-12-26(24,25)13-16)18-19-11-9-17(21-18)20-14-5-7-15(8-6-14)22(2)3/h5-9,11,16H,4,10,12-13H2,1-3H3,(H,19,20,21). The molecule has 0 amide bonds. The molecule has 1 N–H and O–H groups in total. The van der Waals surface area contributed by atoms with Gasteiger partial charge in [-0.05, 0) is 43.7 Å². The molecular formula is C18H25N5O2S. The van der Waals surface area contributed by atoms with Gasteiger partial charge in [-0.15, -0.1) is 0 Å². The molecule has 0 radical (unpaired) electrons. The maximum absolute atomic E-state index is 11.8. The van der Waals surface area contributed by atoms with Gasteiger partial charge in [0.15, 0.2) is 9.84 Å². The molecule has 1 aromatic heterocycles. The molecular weight excluding hydrogens is 350 g/mol. The zero-order valence-corrected chi connectivity index (χ0v) is 16.2. The highest BCUT2D eigenvalue weighted by atomic mass is 32.2. The van der Waals surface area contributed by atoms with Gasteiger partial charge in [0.2, 0.25) is 5.95 Å². The minimum Gasteiger partial charge on any atom is -0.378 e. The van der Waals surface area contributed by atoms with Crippen molar-refractivity contribution in [1.29, 1.82) is 0 Å². The molecule has 0 aliphatic carbocycles. The molecule has 0 bridgehead atoms. The Morgan fingerprint density at radius 1 is 1.19 bits per heavy atom. The Labute approximate surface area is 155 Å². The number of aromatic nitrogens is 2. The summed E-state index contributed by atoms with van der Waals surface area (Å²) in [6.07, 6.45) is 2.33. The zero-order valence-electron chi connectivity index (χ0n) is 15.4. The van der Waals surface area contributed by atoms with Gasteiger partial charge in [-0.25, -0.2) is 13.4 Å². The molecule has 7 nitrogen and oxygen atoms in total. The third-order valence-corrected chi connectivity index (χ3v) is 6.30. The molecule has 2 heterocycles. The number of anilines is 4. The lowest BCUT2D eigenvalue weighted by molar-refractivity contribution is 0.599. The quantitative estimate of drug-likeness (QED) is 0.830. The highest BCUT2D eigenvalue weighted by Crippen LogP contribution is 2.24. The number of hydrogen-bond acceptors (Lipinski definition) is 7. The molecule has 1 fully saturated rings. The van der Waals surface area contributed by atoms with E-state index in [2.05, 4.69) is 15.3 Å². The summed E-state index contributed by atoms with van der Waals surface area (Å²) in [5.41, 5.74) is 2.06. The molecule has 0 spiro atoms. The molecule has 3 rings (SSSR count). The smallest absolute Gasteiger partial charge is 0.227 e. The maximum atomic E-state index is 11.8. The minimum atomic E-state index is -2.95. The molecule has 1 aliphatic heterocycles. The van der Waals surface area contributed by atoms with Crippen molar-refractivity contribution < 1.29 is 8.42 Å². The summed E-state index contributed by atoms with van der Waals surface area (Å²) >= 11 is 0. The van der Waals surface area contributed by atoms with E-state index >= 15 is 0 Å². The summed E-state index contributed by atoms with van der Waals surface area (Å²) in [5.74, 6) is 1.66. The van der Waals surface area contributed by atoms with E-state index in [9.17, 15) is 8.42 Å². The highest BCUT2D eigenvalue weighted by Gasteiger charge is 2.32. The highest BCUT2D eigenvalue weighted by molar-refractivity contribution is 7.91. The first-order valence-corrected chi connectivity index (χ1v) is 10.5. The number of hydrogen-bond donors (Lipinski definition) is 1. The number of rotatable bonds is 6. The SMILES string of the molecule is CCN(c1nccc(Nc2ccc(N(C)C)cc2)n1)C1CCS(=O)(=O)C1. The fourth-order valence-corrected chi connectivity index (χ4v) is 4.86. The summed E-state index contributed by atoms with van der Waals surface area (Å²) in [7, 11) is 1.06. The molecule has 1 aliphatic rings. The lowest BCUT2D eigenvalue weighted by Crippen LogP contribution is -2.37. The van der Waals surface area contributed by atoms with Gasteiger partial charge in [0.05, 0.1) is 11.5 Å². The molecule has 1 saturated heterocycles. The van der Waals surface area contributed by atoms with Crippen LogP contribution in [-0.2, 0) is 9.84 Å². The van der Waals surface area contributed by atoms with Gasteiger partial charge in [0.25, 0.3) is 0 Å². The topological polar surface area (TPSA) is 78.4 Å². The normalized spacial score (nSPS) is 18.5. The predicted octanol–water partition coefficient (Wildman–Crippen LogP) is 2.30. The van der Waals surface area contributed by atoms with E-state index in [0.29, 0.717) is 24.7 Å². The van der Waals surface area contributed by atoms with Crippen LogP contribution in [0, 0.1) is 0 Å². The fraction of sp³-hybridized carbons (Fsp3) is 0.444. The molecule has 8 heteroatoms. The Morgan fingerprint density at radius 3 is 2.50 bits per heavy atom. The number of nitrogens with zero attached hydrogens (tertiary/aromatic N) is 4. The van der Waals surface area contributed by atoms with Gasteiger partial charge in [0, 0.05) is 44.3 Å². The van der Waals surface area contributed by atoms with Gasteiger partial charge in [-0.3, -0.25) is 0 Å². The van der Waals surface area contributed by atoms with Crippen molar-refractivity contribution in [2.45, 2.75) is 19.4 Å². The van der Waals surface area contributed by atoms with E-state index in [1.165, 1.54) is 0 Å². The predicted molar refractivity (Wildman–Crippen MR) is 106 cm³/mol. The summed E-state index contributed by atoms with van der Waals surface area (Å²) in [6.45, 7) is 2.66. The number of benzene rings is 1. The van der Waals surface area contributed by atoms with Crippen LogP contribution in [0.15, 0.2) is 36.5 Å². The van der Waals surface area contributed by atoms with Gasteiger partial charge in [-0.2, -0.15) is 4.98 Å². The largest absolute Gasteiger partial charge is 0.378 e. The van der Waals surface area contributed by atoms with Crippen LogP contribution in [0.5, 0.6) is 0 Å². The van der Waals surface area contributed by atoms with Crippen LogP contribution in [0.1, 0.15) is 13.3 Å². The lowest BCUT2D eigenvalue weighted by Gasteiger charge is -2.27. The van der Waals surface area contributed by atoms with Crippen LogP contribution in [0.3, 0.4) is 0 Å². The maximum Gasteiger partial charge on any atom is 0.227 e. The summed E-state index contributed by atoms with van der Waals surface area (Å²) < 4.78 is 23.6. The van der Waals surface area contributed by atoms with Gasteiger partial charge >= 0.3 is 0 Å². The Bertz CT molecular complexity index is 852. The van der Waals surface area contributed by atoms with E-state index in [4.69, 9.17) is 0 Å². The molecule has 0 saturated carbocycles. The summed E-state index contributed by atoms with van der Waals surface area (Å²) in [6, 6.07) is 9.82. The van der Waals surface area contributed by atoms with Crippen LogP contribution in [0.4, 0.5) is 23.1 Å². The van der Waals surface area contributed by atoms with E-state index in [0.717, 1.165) is 11.4 Å². The molecule has 1 unspecified atom stereocenters. The van der Waals surface area contributed by atoms with Crippen LogP contribution in [0.25, 0.3) is 0 Å². The second-order valence-corrected chi connectivity index (χ2v) is 8.88. The van der Waals surface area contributed by atoms with Crippen molar-refractivity contribution in [3.05, 3.63) is 36.5 Å².